The Morgan fingerprint density at radius 3 is 2.31 bits per heavy atom. The molecule has 0 bridgehead atoms. The van der Waals surface area contributed by atoms with E-state index in [0.29, 0.717) is 12.4 Å². The fourth-order valence-electron chi connectivity index (χ4n) is 3.07. The third-order valence-electron chi connectivity index (χ3n) is 4.73. The van der Waals surface area contributed by atoms with Gasteiger partial charge in [0.25, 0.3) is 0 Å². The van der Waals surface area contributed by atoms with Crippen molar-refractivity contribution in [3.05, 3.63) is 42.5 Å². The summed E-state index contributed by atoms with van der Waals surface area (Å²) in [5, 5.41) is 0. The van der Waals surface area contributed by atoms with Gasteiger partial charge >= 0.3 is 15.6 Å². The minimum Gasteiger partial charge on any atom is -0.497 e. The predicted molar refractivity (Wildman–Crippen MR) is 110 cm³/mol. The van der Waals surface area contributed by atoms with E-state index in [1.54, 1.807) is 12.1 Å². The van der Waals surface area contributed by atoms with Crippen LogP contribution in [0.1, 0.15) is 19.3 Å². The van der Waals surface area contributed by atoms with Crippen molar-refractivity contribution in [1.82, 2.24) is 4.90 Å². The Labute approximate surface area is 184 Å². The summed E-state index contributed by atoms with van der Waals surface area (Å²) in [4.78, 5) is 2.34. The van der Waals surface area contributed by atoms with Crippen LogP contribution < -0.4 is 18.4 Å². The van der Waals surface area contributed by atoms with Crippen LogP contribution in [-0.4, -0.2) is 52.2 Å². The zero-order valence-electron chi connectivity index (χ0n) is 17.4. The van der Waals surface area contributed by atoms with Crippen LogP contribution in [0.5, 0.6) is 28.7 Å². The van der Waals surface area contributed by atoms with Gasteiger partial charge in [-0.3, -0.25) is 4.90 Å². The molecule has 0 aromatic heterocycles. The minimum atomic E-state index is -5.90. The Bertz CT molecular complexity index is 990. The van der Waals surface area contributed by atoms with Gasteiger partial charge in [-0.15, -0.1) is 0 Å². The van der Waals surface area contributed by atoms with Gasteiger partial charge in [0.1, 0.15) is 23.9 Å². The molecule has 0 unspecified atom stereocenters. The van der Waals surface area contributed by atoms with Gasteiger partial charge in [-0.2, -0.15) is 21.6 Å². The molecule has 0 N–H and O–H groups in total. The minimum absolute atomic E-state index is 0.0437. The molecule has 2 aromatic rings. The lowest BCUT2D eigenvalue weighted by Crippen LogP contribution is -2.33. The highest BCUT2D eigenvalue weighted by Gasteiger charge is 2.49. The van der Waals surface area contributed by atoms with Gasteiger partial charge in [-0.25, -0.2) is 0 Å². The molecule has 0 saturated carbocycles. The van der Waals surface area contributed by atoms with E-state index in [2.05, 4.69) is 15.1 Å². The van der Waals surface area contributed by atoms with Gasteiger partial charge < -0.3 is 18.4 Å². The molecule has 175 valence electrons. The summed E-state index contributed by atoms with van der Waals surface area (Å²) in [6.07, 6.45) is 3.66. The first-order chi connectivity index (χ1) is 15.2. The molecule has 11 heteroatoms. The number of hydrogen-bond acceptors (Lipinski definition) is 7. The number of alkyl halides is 3. The van der Waals surface area contributed by atoms with E-state index in [4.69, 9.17) is 14.2 Å². The summed E-state index contributed by atoms with van der Waals surface area (Å²) < 4.78 is 81.3. The van der Waals surface area contributed by atoms with Crippen LogP contribution in [0, 0.1) is 6.07 Å². The fourth-order valence-corrected chi connectivity index (χ4v) is 3.52. The summed E-state index contributed by atoms with van der Waals surface area (Å²) >= 11 is 0. The van der Waals surface area contributed by atoms with Crippen molar-refractivity contribution in [2.75, 3.05) is 33.4 Å². The Morgan fingerprint density at radius 2 is 1.69 bits per heavy atom. The van der Waals surface area contributed by atoms with Crippen LogP contribution in [-0.2, 0) is 10.1 Å². The third-order valence-corrected chi connectivity index (χ3v) is 5.70. The molecular formula is C21H23F3NO6S. The van der Waals surface area contributed by atoms with Crippen molar-refractivity contribution in [2.24, 2.45) is 0 Å². The zero-order chi connectivity index (χ0) is 23.2. The number of hydrogen-bond donors (Lipinski definition) is 0. The van der Waals surface area contributed by atoms with E-state index in [-0.39, 0.29) is 17.2 Å². The van der Waals surface area contributed by atoms with Gasteiger partial charge in [0.05, 0.1) is 7.11 Å². The van der Waals surface area contributed by atoms with Crippen LogP contribution in [0.2, 0.25) is 0 Å². The number of likely N-dealkylation sites (tertiary alicyclic amines) is 1. The lowest BCUT2D eigenvalue weighted by Gasteiger charge is -2.26. The van der Waals surface area contributed by atoms with Gasteiger partial charge in [0.15, 0.2) is 11.5 Å². The lowest BCUT2D eigenvalue weighted by molar-refractivity contribution is -0.0500. The molecule has 3 rings (SSSR count). The smallest absolute Gasteiger partial charge is 0.497 e. The Morgan fingerprint density at radius 1 is 1.03 bits per heavy atom. The normalized spacial score (nSPS) is 15.2. The predicted octanol–water partition coefficient (Wildman–Crippen LogP) is 4.38. The Balaban J connectivity index is 1.65. The SMILES string of the molecule is COc1c[c]c(Oc2ccc(OCCN3CCCCC3)cc2)c(OS(=O)(=O)C(F)(F)F)c1. The van der Waals surface area contributed by atoms with Crippen molar-refractivity contribution in [1.29, 1.82) is 0 Å². The van der Waals surface area contributed by atoms with Gasteiger partial charge in [-0.1, -0.05) is 6.42 Å². The molecule has 32 heavy (non-hydrogen) atoms. The van der Waals surface area contributed by atoms with Crippen molar-refractivity contribution in [2.45, 2.75) is 24.8 Å². The highest BCUT2D eigenvalue weighted by molar-refractivity contribution is 7.88. The molecule has 0 amide bonds. The Kier molecular flexibility index (Phi) is 7.73. The van der Waals surface area contributed by atoms with Crippen LogP contribution in [0.15, 0.2) is 36.4 Å². The number of benzene rings is 2. The highest BCUT2D eigenvalue weighted by Crippen LogP contribution is 2.38. The third kappa shape index (κ3) is 6.42. The maximum atomic E-state index is 12.7. The summed E-state index contributed by atoms with van der Waals surface area (Å²) in [5.74, 6) is -0.184. The molecule has 7 nitrogen and oxygen atoms in total. The Hall–Kier alpha value is -2.66. The molecule has 1 fully saturated rings. The van der Waals surface area contributed by atoms with E-state index in [0.717, 1.165) is 25.7 Å². The first-order valence-electron chi connectivity index (χ1n) is 9.91. The molecule has 1 heterocycles. The number of halogens is 3. The van der Waals surface area contributed by atoms with E-state index >= 15 is 0 Å². The number of ether oxygens (including phenoxy) is 3. The van der Waals surface area contributed by atoms with Crippen molar-refractivity contribution in [3.63, 3.8) is 0 Å². The standard InChI is InChI=1S/C21H23F3NO6S/c1-28-18-9-10-19(20(15-18)31-32(26,27)21(22,23)24)30-17-7-5-16(6-8-17)29-14-13-25-11-3-2-4-12-25/h5-9,15H,2-4,11-14H2,1H3. The summed E-state index contributed by atoms with van der Waals surface area (Å²) in [6, 6.07) is 11.1. The first kappa shape index (κ1) is 24.0. The van der Waals surface area contributed by atoms with E-state index in [9.17, 15) is 21.6 Å². The fraction of sp³-hybridized carbons (Fsp3) is 0.429. The number of nitrogens with zero attached hydrogens (tertiary/aromatic N) is 1. The molecule has 1 saturated heterocycles. The van der Waals surface area contributed by atoms with Gasteiger partial charge in [0.2, 0.25) is 0 Å². The zero-order valence-corrected chi connectivity index (χ0v) is 18.2. The monoisotopic (exact) mass is 474 g/mol. The largest absolute Gasteiger partial charge is 0.534 e. The maximum Gasteiger partial charge on any atom is 0.534 e. The topological polar surface area (TPSA) is 74.3 Å². The van der Waals surface area contributed by atoms with Crippen LogP contribution in [0.25, 0.3) is 0 Å². The molecular weight excluding hydrogens is 451 g/mol. The molecule has 0 spiro atoms. The molecule has 1 aliphatic rings. The van der Waals surface area contributed by atoms with Crippen LogP contribution >= 0.6 is 0 Å². The first-order valence-corrected chi connectivity index (χ1v) is 11.3. The summed E-state index contributed by atoms with van der Waals surface area (Å²) in [5.41, 5.74) is -5.60. The highest BCUT2D eigenvalue weighted by atomic mass is 32.2. The number of piperidine rings is 1. The average Bonchev–Trinajstić information content (AvgIpc) is 2.76. The van der Waals surface area contributed by atoms with E-state index in [1.807, 2.05) is 0 Å². The van der Waals surface area contributed by atoms with Crippen molar-refractivity contribution >= 4 is 10.1 Å². The summed E-state index contributed by atoms with van der Waals surface area (Å²) in [7, 11) is -4.64. The molecule has 1 aliphatic heterocycles. The van der Waals surface area contributed by atoms with Crippen LogP contribution in [0.3, 0.4) is 0 Å². The van der Waals surface area contributed by atoms with Crippen LogP contribution in [0.4, 0.5) is 13.2 Å². The number of rotatable bonds is 9. The molecule has 0 aliphatic carbocycles. The lowest BCUT2D eigenvalue weighted by atomic mass is 10.1. The second-order valence-electron chi connectivity index (χ2n) is 7.04. The molecule has 0 atom stereocenters. The number of methoxy groups -OCH3 is 1. The quantitative estimate of drug-likeness (QED) is 0.394. The van der Waals surface area contributed by atoms with E-state index in [1.165, 1.54) is 44.6 Å². The average molecular weight is 474 g/mol. The van der Waals surface area contributed by atoms with Gasteiger partial charge in [0, 0.05) is 18.7 Å². The maximum absolute atomic E-state index is 12.7. The van der Waals surface area contributed by atoms with Crippen molar-refractivity contribution < 1.29 is 40.0 Å². The second-order valence-corrected chi connectivity index (χ2v) is 8.58. The summed E-state index contributed by atoms with van der Waals surface area (Å²) in [6.45, 7) is 3.50. The second kappa shape index (κ2) is 10.3. The van der Waals surface area contributed by atoms with Gasteiger partial charge in [-0.05, 0) is 56.3 Å². The molecule has 1 radical (unpaired) electrons. The molecule has 2 aromatic carbocycles. The van der Waals surface area contributed by atoms with Crippen molar-refractivity contribution in [3.8, 4) is 28.7 Å². The van der Waals surface area contributed by atoms with E-state index < -0.39 is 21.4 Å².